The number of hydrogen-bond acceptors (Lipinski definition) is 5. The van der Waals surface area contributed by atoms with E-state index in [9.17, 15) is 10.1 Å². The second-order valence-electron chi connectivity index (χ2n) is 3.47. The average molecular weight is 253 g/mol. The molecule has 0 unspecified atom stereocenters. The van der Waals surface area contributed by atoms with Gasteiger partial charge in [0.25, 0.3) is 5.69 Å². The highest BCUT2D eigenvalue weighted by Gasteiger charge is 2.18. The van der Waals surface area contributed by atoms with Crippen molar-refractivity contribution in [1.29, 1.82) is 0 Å². The first-order valence-electron chi connectivity index (χ1n) is 5.33. The van der Waals surface area contributed by atoms with Gasteiger partial charge >= 0.3 is 0 Å². The van der Waals surface area contributed by atoms with Crippen LogP contribution >= 0.6 is 0 Å². The fourth-order valence-electron chi connectivity index (χ4n) is 1.41. The molecule has 0 aromatic heterocycles. The van der Waals surface area contributed by atoms with Gasteiger partial charge in [-0.05, 0) is 12.5 Å². The molecule has 0 bridgehead atoms. The second-order valence-corrected chi connectivity index (χ2v) is 3.47. The van der Waals surface area contributed by atoms with E-state index in [-0.39, 0.29) is 17.0 Å². The summed E-state index contributed by atoms with van der Waals surface area (Å²) in [5.74, 6) is 0.636. The summed E-state index contributed by atoms with van der Waals surface area (Å²) in [7, 11) is 1.43. The lowest BCUT2D eigenvalue weighted by Gasteiger charge is -2.11. The Balaban J connectivity index is 3.10. The van der Waals surface area contributed by atoms with Gasteiger partial charge in [0, 0.05) is 0 Å². The van der Waals surface area contributed by atoms with Gasteiger partial charge < -0.3 is 14.6 Å². The number of hydrogen-bond donors (Lipinski definition) is 1. The van der Waals surface area contributed by atoms with E-state index in [0.717, 1.165) is 0 Å². The third-order valence-electron chi connectivity index (χ3n) is 2.31. The maximum atomic E-state index is 10.8. The maximum absolute atomic E-state index is 10.8. The molecular weight excluding hydrogens is 238 g/mol. The summed E-state index contributed by atoms with van der Waals surface area (Å²) in [6.45, 7) is 3.48. The molecule has 0 radical (unpaired) electrons. The van der Waals surface area contributed by atoms with E-state index in [1.54, 1.807) is 6.08 Å². The van der Waals surface area contributed by atoms with Crippen molar-refractivity contribution < 1.29 is 19.5 Å². The number of rotatable bonds is 7. The summed E-state index contributed by atoms with van der Waals surface area (Å²) in [6, 6.07) is 2.66. The fraction of sp³-hybridized carbons (Fsp3) is 0.333. The molecular formula is C12H15NO5. The van der Waals surface area contributed by atoms with Gasteiger partial charge in [-0.2, -0.15) is 0 Å². The summed E-state index contributed by atoms with van der Waals surface area (Å²) in [5.41, 5.74) is -0.000163. The summed E-state index contributed by atoms with van der Waals surface area (Å²) in [4.78, 5) is 10.3. The van der Waals surface area contributed by atoms with Crippen molar-refractivity contribution in [3.8, 4) is 11.5 Å². The van der Waals surface area contributed by atoms with Crippen molar-refractivity contribution in [2.75, 3.05) is 13.7 Å². The highest BCUT2D eigenvalue weighted by atomic mass is 16.6. The van der Waals surface area contributed by atoms with E-state index < -0.39 is 11.5 Å². The third kappa shape index (κ3) is 3.21. The summed E-state index contributed by atoms with van der Waals surface area (Å²) < 4.78 is 10.4. The van der Waals surface area contributed by atoms with E-state index in [1.165, 1.54) is 19.2 Å². The molecule has 0 saturated carbocycles. The third-order valence-corrected chi connectivity index (χ3v) is 2.31. The number of benzene rings is 1. The molecule has 0 heterocycles. The van der Waals surface area contributed by atoms with Crippen molar-refractivity contribution in [3.05, 3.63) is 40.5 Å². The van der Waals surface area contributed by atoms with Gasteiger partial charge in [0.15, 0.2) is 11.5 Å². The molecule has 0 aliphatic carbocycles. The summed E-state index contributed by atoms with van der Waals surface area (Å²) in [5, 5.41) is 19.9. The quantitative estimate of drug-likeness (QED) is 0.348. The number of ether oxygens (including phenoxy) is 2. The second kappa shape index (κ2) is 6.61. The van der Waals surface area contributed by atoms with Gasteiger partial charge in [0.05, 0.1) is 36.9 Å². The Labute approximate surface area is 105 Å². The molecule has 0 aliphatic rings. The molecule has 0 atom stereocenters. The molecule has 0 amide bonds. The molecule has 0 aliphatic heterocycles. The van der Waals surface area contributed by atoms with Crippen molar-refractivity contribution in [1.82, 2.24) is 0 Å². The molecule has 18 heavy (non-hydrogen) atoms. The van der Waals surface area contributed by atoms with Crippen LogP contribution in [0.2, 0.25) is 0 Å². The summed E-state index contributed by atoms with van der Waals surface area (Å²) in [6.07, 6.45) is 2.31. The minimum atomic E-state index is -0.564. The maximum Gasteiger partial charge on any atom is 0.278 e. The van der Waals surface area contributed by atoms with Crippen molar-refractivity contribution in [2.24, 2.45) is 0 Å². The van der Waals surface area contributed by atoms with Crippen LogP contribution in [-0.2, 0) is 6.61 Å². The minimum Gasteiger partial charge on any atom is -0.493 e. The zero-order valence-electron chi connectivity index (χ0n) is 10.1. The smallest absolute Gasteiger partial charge is 0.278 e. The number of methoxy groups -OCH3 is 1. The van der Waals surface area contributed by atoms with Gasteiger partial charge in [-0.25, -0.2) is 0 Å². The number of nitrogens with zero attached hydrogens (tertiary/aromatic N) is 1. The van der Waals surface area contributed by atoms with E-state index in [1.807, 2.05) is 0 Å². The van der Waals surface area contributed by atoms with Gasteiger partial charge in [-0.15, -0.1) is 6.58 Å². The predicted molar refractivity (Wildman–Crippen MR) is 65.9 cm³/mol. The normalized spacial score (nSPS) is 9.89. The van der Waals surface area contributed by atoms with Gasteiger partial charge in [-0.1, -0.05) is 6.08 Å². The molecule has 1 N–H and O–H groups in total. The van der Waals surface area contributed by atoms with Crippen molar-refractivity contribution in [3.63, 3.8) is 0 Å². The molecule has 1 aromatic carbocycles. The first-order valence-corrected chi connectivity index (χ1v) is 5.33. The Morgan fingerprint density at radius 3 is 2.72 bits per heavy atom. The molecule has 0 spiro atoms. The molecule has 0 saturated heterocycles. The highest BCUT2D eigenvalue weighted by molar-refractivity contribution is 5.54. The first kappa shape index (κ1) is 14.0. The van der Waals surface area contributed by atoms with Crippen molar-refractivity contribution >= 4 is 5.69 Å². The molecule has 0 fully saturated rings. The number of aliphatic hydroxyl groups excluding tert-OH is 1. The molecule has 6 heteroatoms. The fourth-order valence-corrected chi connectivity index (χ4v) is 1.41. The summed E-state index contributed by atoms with van der Waals surface area (Å²) >= 11 is 0. The van der Waals surface area contributed by atoms with Gasteiger partial charge in [0.2, 0.25) is 0 Å². The van der Waals surface area contributed by atoms with Crippen LogP contribution in [-0.4, -0.2) is 23.7 Å². The first-order chi connectivity index (χ1) is 8.63. The van der Waals surface area contributed by atoms with Gasteiger partial charge in [0.1, 0.15) is 0 Å². The Kier molecular flexibility index (Phi) is 5.13. The monoisotopic (exact) mass is 253 g/mol. The molecule has 6 nitrogen and oxygen atoms in total. The van der Waals surface area contributed by atoms with Crippen LogP contribution in [0.25, 0.3) is 0 Å². The highest BCUT2D eigenvalue weighted by Crippen LogP contribution is 2.34. The zero-order chi connectivity index (χ0) is 13.5. The SMILES string of the molecule is C=CCCOc1cc([N+](=O)[O-])c(CO)cc1OC. The van der Waals surface area contributed by atoms with Crippen LogP contribution in [0.15, 0.2) is 24.8 Å². The van der Waals surface area contributed by atoms with Crippen LogP contribution in [0, 0.1) is 10.1 Å². The van der Waals surface area contributed by atoms with Crippen LogP contribution < -0.4 is 9.47 Å². The Hall–Kier alpha value is -2.08. The molecule has 1 aromatic rings. The largest absolute Gasteiger partial charge is 0.493 e. The lowest BCUT2D eigenvalue weighted by Crippen LogP contribution is -2.02. The van der Waals surface area contributed by atoms with Gasteiger partial charge in [-0.3, -0.25) is 10.1 Å². The van der Waals surface area contributed by atoms with E-state index in [4.69, 9.17) is 14.6 Å². The lowest BCUT2D eigenvalue weighted by atomic mass is 10.1. The Morgan fingerprint density at radius 1 is 1.50 bits per heavy atom. The number of aliphatic hydroxyl groups is 1. The Morgan fingerprint density at radius 2 is 2.22 bits per heavy atom. The minimum absolute atomic E-state index is 0.188. The average Bonchev–Trinajstić information content (AvgIpc) is 2.38. The number of nitro groups is 1. The van der Waals surface area contributed by atoms with Crippen LogP contribution in [0.4, 0.5) is 5.69 Å². The molecule has 1 rings (SSSR count). The molecule has 98 valence electrons. The van der Waals surface area contributed by atoms with Crippen LogP contribution in [0.1, 0.15) is 12.0 Å². The number of nitro benzene ring substituents is 1. The van der Waals surface area contributed by atoms with E-state index in [0.29, 0.717) is 18.8 Å². The Bertz CT molecular complexity index is 444. The lowest BCUT2D eigenvalue weighted by molar-refractivity contribution is -0.385. The van der Waals surface area contributed by atoms with Crippen molar-refractivity contribution in [2.45, 2.75) is 13.0 Å². The zero-order valence-corrected chi connectivity index (χ0v) is 10.1. The van der Waals surface area contributed by atoms with E-state index >= 15 is 0 Å². The predicted octanol–water partition coefficient (Wildman–Crippen LogP) is 2.05. The standard InChI is InChI=1S/C12H15NO5/c1-3-4-5-18-12-7-10(13(15)16)9(8-14)6-11(12)17-2/h3,6-7,14H,1,4-5,8H2,2H3. The topological polar surface area (TPSA) is 81.8 Å². The van der Waals surface area contributed by atoms with E-state index in [2.05, 4.69) is 6.58 Å². The van der Waals surface area contributed by atoms with Crippen LogP contribution in [0.3, 0.4) is 0 Å². The van der Waals surface area contributed by atoms with Crippen LogP contribution in [0.5, 0.6) is 11.5 Å².